The van der Waals surface area contributed by atoms with Gasteiger partial charge in [-0.25, -0.2) is 4.98 Å². The fourth-order valence-electron chi connectivity index (χ4n) is 2.46. The van der Waals surface area contributed by atoms with Crippen molar-refractivity contribution in [1.82, 2.24) is 9.97 Å². The molecule has 0 radical (unpaired) electrons. The Balaban J connectivity index is 1.72. The summed E-state index contributed by atoms with van der Waals surface area (Å²) in [5.41, 5.74) is 2.31. The normalized spacial score (nSPS) is 10.4. The molecule has 1 aromatic carbocycles. The van der Waals surface area contributed by atoms with E-state index < -0.39 is 0 Å². The Bertz CT molecular complexity index is 910. The molecule has 0 aliphatic rings. The van der Waals surface area contributed by atoms with Gasteiger partial charge in [0.05, 0.1) is 32.0 Å². The smallest absolute Gasteiger partial charge is 0.229 e. The minimum Gasteiger partial charge on any atom is -0.493 e. The summed E-state index contributed by atoms with van der Waals surface area (Å²) in [4.78, 5) is 22.2. The van der Waals surface area contributed by atoms with Crippen molar-refractivity contribution >= 4 is 22.9 Å². The molecule has 2 heterocycles. The Morgan fingerprint density at radius 2 is 1.96 bits per heavy atom. The summed E-state index contributed by atoms with van der Waals surface area (Å²) in [7, 11) is 3.13. The number of aryl methyl sites for hydroxylation is 1. The molecule has 1 amide bonds. The molecule has 2 aromatic heterocycles. The number of hydrogen-bond acceptors (Lipinski definition) is 6. The van der Waals surface area contributed by atoms with E-state index in [2.05, 4.69) is 15.3 Å². The Hall–Kier alpha value is -2.93. The molecule has 6 nitrogen and oxygen atoms in total. The standard InChI is InChI=1S/C19H19N3O3S/c1-12-17(26-19(21-12)14-6-4-5-9-20-14)11-18(23)22-13-7-8-15(24-2)16(10-13)25-3/h4-10H,11H2,1-3H3,(H,22,23). The van der Waals surface area contributed by atoms with Crippen LogP contribution in [0, 0.1) is 6.92 Å². The van der Waals surface area contributed by atoms with E-state index >= 15 is 0 Å². The van der Waals surface area contributed by atoms with Crippen LogP contribution in [0.1, 0.15) is 10.6 Å². The Labute approximate surface area is 155 Å². The number of methoxy groups -OCH3 is 2. The van der Waals surface area contributed by atoms with Crippen LogP contribution in [0.3, 0.4) is 0 Å². The Morgan fingerprint density at radius 3 is 2.65 bits per heavy atom. The number of anilines is 1. The van der Waals surface area contributed by atoms with Gasteiger partial charge in [-0.1, -0.05) is 6.07 Å². The first kappa shape index (κ1) is 17.9. The van der Waals surface area contributed by atoms with Crippen molar-refractivity contribution in [3.8, 4) is 22.2 Å². The predicted octanol–water partition coefficient (Wildman–Crippen LogP) is 3.71. The summed E-state index contributed by atoms with van der Waals surface area (Å²) in [5, 5.41) is 3.70. The third kappa shape index (κ3) is 4.00. The van der Waals surface area contributed by atoms with Crippen molar-refractivity contribution in [1.29, 1.82) is 0 Å². The average molecular weight is 369 g/mol. The second-order valence-corrected chi connectivity index (χ2v) is 6.62. The highest BCUT2D eigenvalue weighted by Crippen LogP contribution is 2.30. The SMILES string of the molecule is COc1ccc(NC(=O)Cc2sc(-c3ccccn3)nc2C)cc1OC. The van der Waals surface area contributed by atoms with E-state index in [-0.39, 0.29) is 12.3 Å². The van der Waals surface area contributed by atoms with E-state index in [1.54, 1.807) is 38.6 Å². The lowest BCUT2D eigenvalue weighted by atomic mass is 10.2. The molecule has 0 spiro atoms. The molecule has 0 atom stereocenters. The third-order valence-electron chi connectivity index (χ3n) is 3.77. The fraction of sp³-hybridized carbons (Fsp3) is 0.211. The quantitative estimate of drug-likeness (QED) is 0.717. The van der Waals surface area contributed by atoms with E-state index in [0.29, 0.717) is 17.2 Å². The molecular formula is C19H19N3O3S. The molecule has 0 fully saturated rings. The maximum Gasteiger partial charge on any atom is 0.229 e. The minimum atomic E-state index is -0.114. The first-order chi connectivity index (χ1) is 12.6. The predicted molar refractivity (Wildman–Crippen MR) is 102 cm³/mol. The van der Waals surface area contributed by atoms with Gasteiger partial charge in [-0.05, 0) is 31.2 Å². The van der Waals surface area contributed by atoms with Crippen molar-refractivity contribution in [3.63, 3.8) is 0 Å². The highest BCUT2D eigenvalue weighted by atomic mass is 32.1. The summed E-state index contributed by atoms with van der Waals surface area (Å²) in [5.74, 6) is 1.07. The molecule has 3 rings (SSSR count). The van der Waals surface area contributed by atoms with Gasteiger partial charge in [0.2, 0.25) is 5.91 Å². The zero-order valence-corrected chi connectivity index (χ0v) is 15.6. The molecule has 0 aliphatic heterocycles. The summed E-state index contributed by atoms with van der Waals surface area (Å²) in [6, 6.07) is 11.0. The molecule has 7 heteroatoms. The van der Waals surface area contributed by atoms with Crippen molar-refractivity contribution in [3.05, 3.63) is 53.2 Å². The van der Waals surface area contributed by atoms with E-state index in [9.17, 15) is 4.79 Å². The molecule has 0 aliphatic carbocycles. The van der Waals surface area contributed by atoms with Crippen LogP contribution in [-0.4, -0.2) is 30.1 Å². The van der Waals surface area contributed by atoms with Crippen molar-refractivity contribution in [2.75, 3.05) is 19.5 Å². The maximum atomic E-state index is 12.4. The molecular weight excluding hydrogens is 350 g/mol. The monoisotopic (exact) mass is 369 g/mol. The van der Waals surface area contributed by atoms with Gasteiger partial charge in [0, 0.05) is 22.8 Å². The number of ether oxygens (including phenoxy) is 2. The van der Waals surface area contributed by atoms with Crippen LogP contribution in [0.4, 0.5) is 5.69 Å². The van der Waals surface area contributed by atoms with Gasteiger partial charge in [0.25, 0.3) is 0 Å². The summed E-state index contributed by atoms with van der Waals surface area (Å²) in [6.07, 6.45) is 1.99. The number of carbonyl (C=O) groups is 1. The van der Waals surface area contributed by atoms with Crippen LogP contribution in [0.5, 0.6) is 11.5 Å². The lowest BCUT2D eigenvalue weighted by molar-refractivity contribution is -0.115. The van der Waals surface area contributed by atoms with Crippen molar-refractivity contribution < 1.29 is 14.3 Å². The molecule has 0 bridgehead atoms. The third-order valence-corrected chi connectivity index (χ3v) is 4.95. The fourth-order valence-corrected chi connectivity index (χ4v) is 3.49. The van der Waals surface area contributed by atoms with Crippen LogP contribution in [0.15, 0.2) is 42.6 Å². The molecule has 3 aromatic rings. The van der Waals surface area contributed by atoms with Crippen molar-refractivity contribution in [2.24, 2.45) is 0 Å². The highest BCUT2D eigenvalue weighted by Gasteiger charge is 2.14. The number of thiazole rings is 1. The van der Waals surface area contributed by atoms with Crippen LogP contribution in [-0.2, 0) is 11.2 Å². The maximum absolute atomic E-state index is 12.4. The molecule has 0 saturated heterocycles. The van der Waals surface area contributed by atoms with E-state index in [1.807, 2.05) is 25.1 Å². The van der Waals surface area contributed by atoms with E-state index in [4.69, 9.17) is 9.47 Å². The Morgan fingerprint density at radius 1 is 1.15 bits per heavy atom. The number of carbonyl (C=O) groups excluding carboxylic acids is 1. The van der Waals surface area contributed by atoms with Crippen LogP contribution < -0.4 is 14.8 Å². The van der Waals surface area contributed by atoms with Gasteiger partial charge in [0.15, 0.2) is 11.5 Å². The molecule has 0 saturated carbocycles. The second-order valence-electron chi connectivity index (χ2n) is 5.54. The number of amides is 1. The number of nitrogens with one attached hydrogen (secondary N) is 1. The van der Waals surface area contributed by atoms with Crippen molar-refractivity contribution in [2.45, 2.75) is 13.3 Å². The summed E-state index contributed by atoms with van der Waals surface area (Å²) < 4.78 is 10.5. The van der Waals surface area contributed by atoms with Crippen LogP contribution >= 0.6 is 11.3 Å². The molecule has 26 heavy (non-hydrogen) atoms. The first-order valence-electron chi connectivity index (χ1n) is 8.00. The topological polar surface area (TPSA) is 73.3 Å². The van der Waals surface area contributed by atoms with Gasteiger partial charge in [-0.3, -0.25) is 9.78 Å². The van der Waals surface area contributed by atoms with Crippen LogP contribution in [0.25, 0.3) is 10.7 Å². The van der Waals surface area contributed by atoms with E-state index in [0.717, 1.165) is 21.3 Å². The minimum absolute atomic E-state index is 0.114. The van der Waals surface area contributed by atoms with Gasteiger partial charge in [-0.15, -0.1) is 11.3 Å². The molecule has 134 valence electrons. The number of rotatable bonds is 6. The first-order valence-corrected chi connectivity index (χ1v) is 8.82. The van der Waals surface area contributed by atoms with Gasteiger partial charge >= 0.3 is 0 Å². The highest BCUT2D eigenvalue weighted by molar-refractivity contribution is 7.15. The number of benzene rings is 1. The lowest BCUT2D eigenvalue weighted by Gasteiger charge is -2.10. The number of nitrogens with zero attached hydrogens (tertiary/aromatic N) is 2. The largest absolute Gasteiger partial charge is 0.493 e. The van der Waals surface area contributed by atoms with Gasteiger partial charge < -0.3 is 14.8 Å². The number of pyridine rings is 1. The lowest BCUT2D eigenvalue weighted by Crippen LogP contribution is -2.14. The molecule has 0 unspecified atom stereocenters. The average Bonchev–Trinajstić information content (AvgIpc) is 3.02. The summed E-state index contributed by atoms with van der Waals surface area (Å²) >= 11 is 1.49. The van der Waals surface area contributed by atoms with Gasteiger partial charge in [0.1, 0.15) is 5.01 Å². The second kappa shape index (κ2) is 7.97. The Kier molecular flexibility index (Phi) is 5.48. The number of aromatic nitrogens is 2. The van der Waals surface area contributed by atoms with E-state index in [1.165, 1.54) is 11.3 Å². The number of hydrogen-bond donors (Lipinski definition) is 1. The zero-order valence-electron chi connectivity index (χ0n) is 14.8. The summed E-state index contributed by atoms with van der Waals surface area (Å²) in [6.45, 7) is 1.90. The zero-order chi connectivity index (χ0) is 18.5. The molecule has 1 N–H and O–H groups in total. The van der Waals surface area contributed by atoms with Crippen LogP contribution in [0.2, 0.25) is 0 Å². The van der Waals surface area contributed by atoms with Gasteiger partial charge in [-0.2, -0.15) is 0 Å².